The molecule has 0 aliphatic carbocycles. The van der Waals surface area contributed by atoms with Gasteiger partial charge in [-0.3, -0.25) is 0 Å². The number of anilines is 2. The number of hydrogen-bond acceptors (Lipinski definition) is 3. The molecule has 2 rings (SSSR count). The summed E-state index contributed by atoms with van der Waals surface area (Å²) in [4.78, 5) is 0. The molecule has 0 spiro atoms. The first-order valence-corrected chi connectivity index (χ1v) is 5.07. The first-order valence-electron chi connectivity index (χ1n) is 5.07. The maximum Gasteiger partial charge on any atom is 0.142 e. The molecule has 82 valence electrons. The highest BCUT2D eigenvalue weighted by Gasteiger charge is 2.00. The summed E-state index contributed by atoms with van der Waals surface area (Å²) in [6.07, 6.45) is 0. The molecule has 0 amide bonds. The third-order valence-electron chi connectivity index (χ3n) is 2.27. The number of benzene rings is 2. The normalized spacial score (nSPS) is 10.0. The quantitative estimate of drug-likeness (QED) is 0.771. The highest BCUT2D eigenvalue weighted by molar-refractivity contribution is 5.60. The first kappa shape index (κ1) is 10.4. The summed E-state index contributed by atoms with van der Waals surface area (Å²) in [7, 11) is 0. The van der Waals surface area contributed by atoms with Gasteiger partial charge in [-0.15, -0.1) is 0 Å². The lowest BCUT2D eigenvalue weighted by Crippen LogP contribution is -1.99. The lowest BCUT2D eigenvalue weighted by atomic mass is 10.2. The fourth-order valence-electron chi connectivity index (χ4n) is 1.43. The number of nitrogen functional groups attached to an aromatic ring is 2. The van der Waals surface area contributed by atoms with Crippen molar-refractivity contribution in [2.24, 2.45) is 0 Å². The Hall–Kier alpha value is -2.16. The van der Waals surface area contributed by atoms with Crippen molar-refractivity contribution in [3.63, 3.8) is 0 Å². The standard InChI is InChI=1S/C13H14N2O/c14-11-6-7-13(12(15)8-11)16-9-10-4-2-1-3-5-10/h1-8H,9,14-15H2. The summed E-state index contributed by atoms with van der Waals surface area (Å²) in [5.41, 5.74) is 13.7. The second-order valence-corrected chi connectivity index (χ2v) is 3.57. The molecule has 3 heteroatoms. The molecule has 4 N–H and O–H groups in total. The third-order valence-corrected chi connectivity index (χ3v) is 2.27. The Balaban J connectivity index is 2.05. The zero-order chi connectivity index (χ0) is 11.4. The first-order chi connectivity index (χ1) is 7.75. The predicted molar refractivity (Wildman–Crippen MR) is 66.0 cm³/mol. The highest BCUT2D eigenvalue weighted by Crippen LogP contribution is 2.24. The minimum atomic E-state index is 0.509. The molecule has 0 radical (unpaired) electrons. The summed E-state index contributed by atoms with van der Waals surface area (Å²) in [5.74, 6) is 0.665. The minimum absolute atomic E-state index is 0.509. The van der Waals surface area contributed by atoms with Crippen LogP contribution in [-0.2, 0) is 6.61 Å². The minimum Gasteiger partial charge on any atom is -0.487 e. The van der Waals surface area contributed by atoms with Crippen LogP contribution < -0.4 is 16.2 Å². The lowest BCUT2D eigenvalue weighted by molar-refractivity contribution is 0.308. The van der Waals surface area contributed by atoms with E-state index in [0.717, 1.165) is 5.56 Å². The Labute approximate surface area is 94.6 Å². The van der Waals surface area contributed by atoms with E-state index in [2.05, 4.69) is 0 Å². The smallest absolute Gasteiger partial charge is 0.142 e. The van der Waals surface area contributed by atoms with E-state index in [-0.39, 0.29) is 0 Å². The van der Waals surface area contributed by atoms with Gasteiger partial charge in [-0.2, -0.15) is 0 Å². The maximum atomic E-state index is 5.78. The zero-order valence-electron chi connectivity index (χ0n) is 8.89. The second-order valence-electron chi connectivity index (χ2n) is 3.57. The van der Waals surface area contributed by atoms with Gasteiger partial charge in [0, 0.05) is 5.69 Å². The van der Waals surface area contributed by atoms with Crippen molar-refractivity contribution >= 4 is 11.4 Å². The predicted octanol–water partition coefficient (Wildman–Crippen LogP) is 2.43. The van der Waals surface area contributed by atoms with Gasteiger partial charge in [0.2, 0.25) is 0 Å². The summed E-state index contributed by atoms with van der Waals surface area (Å²) in [5, 5.41) is 0. The van der Waals surface area contributed by atoms with Gasteiger partial charge in [0.25, 0.3) is 0 Å². The van der Waals surface area contributed by atoms with Crippen molar-refractivity contribution in [3.05, 3.63) is 54.1 Å². The van der Waals surface area contributed by atoms with Crippen molar-refractivity contribution in [1.82, 2.24) is 0 Å². The van der Waals surface area contributed by atoms with Crippen molar-refractivity contribution in [3.8, 4) is 5.75 Å². The maximum absolute atomic E-state index is 5.78. The molecular weight excluding hydrogens is 200 g/mol. The fourth-order valence-corrected chi connectivity index (χ4v) is 1.43. The van der Waals surface area contributed by atoms with Crippen molar-refractivity contribution in [2.45, 2.75) is 6.61 Å². The number of rotatable bonds is 3. The molecule has 0 bridgehead atoms. The van der Waals surface area contributed by atoms with Crippen LogP contribution in [0.5, 0.6) is 5.75 Å². The zero-order valence-corrected chi connectivity index (χ0v) is 8.89. The van der Waals surface area contributed by atoms with Crippen molar-refractivity contribution in [1.29, 1.82) is 0 Å². The average Bonchev–Trinajstić information content (AvgIpc) is 2.29. The molecule has 0 aromatic heterocycles. The molecule has 0 atom stereocenters. The van der Waals surface area contributed by atoms with Gasteiger partial charge >= 0.3 is 0 Å². The Morgan fingerprint density at radius 2 is 1.69 bits per heavy atom. The summed E-state index contributed by atoms with van der Waals surface area (Å²) >= 11 is 0. The Morgan fingerprint density at radius 1 is 0.938 bits per heavy atom. The number of nitrogens with two attached hydrogens (primary N) is 2. The molecule has 0 aliphatic rings. The number of hydrogen-bond donors (Lipinski definition) is 2. The molecule has 0 unspecified atom stereocenters. The van der Waals surface area contributed by atoms with Gasteiger partial charge in [-0.1, -0.05) is 30.3 Å². The van der Waals surface area contributed by atoms with Crippen LogP contribution in [0.15, 0.2) is 48.5 Å². The summed E-state index contributed by atoms with van der Waals surface area (Å²) < 4.78 is 5.60. The Bertz CT molecular complexity index is 469. The van der Waals surface area contributed by atoms with Gasteiger partial charge in [0.15, 0.2) is 0 Å². The van der Waals surface area contributed by atoms with Gasteiger partial charge in [0.1, 0.15) is 12.4 Å². The molecule has 16 heavy (non-hydrogen) atoms. The van der Waals surface area contributed by atoms with Crippen LogP contribution in [0.4, 0.5) is 11.4 Å². The van der Waals surface area contributed by atoms with Crippen molar-refractivity contribution < 1.29 is 4.74 Å². The molecule has 0 saturated carbocycles. The van der Waals surface area contributed by atoms with E-state index in [1.54, 1.807) is 18.2 Å². The molecule has 2 aromatic rings. The molecular formula is C13H14N2O. The Kier molecular flexibility index (Phi) is 2.96. The van der Waals surface area contributed by atoms with Gasteiger partial charge in [-0.25, -0.2) is 0 Å². The monoisotopic (exact) mass is 214 g/mol. The van der Waals surface area contributed by atoms with Crippen molar-refractivity contribution in [2.75, 3.05) is 11.5 Å². The summed E-state index contributed by atoms with van der Waals surface area (Å²) in [6, 6.07) is 15.2. The second kappa shape index (κ2) is 4.57. The molecule has 0 aliphatic heterocycles. The molecule has 3 nitrogen and oxygen atoms in total. The van der Waals surface area contributed by atoms with E-state index in [0.29, 0.717) is 23.7 Å². The van der Waals surface area contributed by atoms with Crippen LogP contribution >= 0.6 is 0 Å². The van der Waals surface area contributed by atoms with E-state index in [1.165, 1.54) is 0 Å². The van der Waals surface area contributed by atoms with Crippen LogP contribution in [0.25, 0.3) is 0 Å². The molecule has 0 fully saturated rings. The van der Waals surface area contributed by atoms with E-state index >= 15 is 0 Å². The number of ether oxygens (including phenoxy) is 1. The van der Waals surface area contributed by atoms with Gasteiger partial charge < -0.3 is 16.2 Å². The molecule has 2 aromatic carbocycles. The van der Waals surface area contributed by atoms with E-state index in [1.807, 2.05) is 30.3 Å². The fraction of sp³-hybridized carbons (Fsp3) is 0.0769. The van der Waals surface area contributed by atoms with Gasteiger partial charge in [-0.05, 0) is 23.8 Å². The lowest BCUT2D eigenvalue weighted by Gasteiger charge is -2.09. The van der Waals surface area contributed by atoms with Crippen LogP contribution in [-0.4, -0.2) is 0 Å². The SMILES string of the molecule is Nc1ccc(OCc2ccccc2)c(N)c1. The largest absolute Gasteiger partial charge is 0.487 e. The third kappa shape index (κ3) is 2.45. The highest BCUT2D eigenvalue weighted by atomic mass is 16.5. The molecule has 0 saturated heterocycles. The van der Waals surface area contributed by atoms with Crippen LogP contribution in [0, 0.1) is 0 Å². The topological polar surface area (TPSA) is 61.3 Å². The van der Waals surface area contributed by atoms with E-state index in [9.17, 15) is 0 Å². The summed E-state index contributed by atoms with van der Waals surface area (Å²) in [6.45, 7) is 0.509. The van der Waals surface area contributed by atoms with Crippen LogP contribution in [0.2, 0.25) is 0 Å². The van der Waals surface area contributed by atoms with E-state index in [4.69, 9.17) is 16.2 Å². The van der Waals surface area contributed by atoms with Crippen LogP contribution in [0.1, 0.15) is 5.56 Å². The van der Waals surface area contributed by atoms with E-state index < -0.39 is 0 Å². The Morgan fingerprint density at radius 3 is 2.38 bits per heavy atom. The molecule has 0 heterocycles. The average molecular weight is 214 g/mol. The van der Waals surface area contributed by atoms with Crippen LogP contribution in [0.3, 0.4) is 0 Å². The van der Waals surface area contributed by atoms with Gasteiger partial charge in [0.05, 0.1) is 5.69 Å².